The van der Waals surface area contributed by atoms with Crippen LogP contribution in [0.4, 0.5) is 0 Å². The first-order valence-corrected chi connectivity index (χ1v) is 5.71. The summed E-state index contributed by atoms with van der Waals surface area (Å²) in [5.74, 6) is -0.252. The highest BCUT2D eigenvalue weighted by Gasteiger charge is 2.28. The van der Waals surface area contributed by atoms with Crippen LogP contribution in [0.15, 0.2) is 23.8 Å². The summed E-state index contributed by atoms with van der Waals surface area (Å²) in [6.45, 7) is 7.76. The molecule has 0 aliphatic heterocycles. The van der Waals surface area contributed by atoms with Gasteiger partial charge >= 0.3 is 5.97 Å². The molecule has 0 saturated carbocycles. The summed E-state index contributed by atoms with van der Waals surface area (Å²) in [7, 11) is 0. The van der Waals surface area contributed by atoms with Gasteiger partial charge in [-0.1, -0.05) is 25.2 Å². The fraction of sp³-hybridized carbons (Fsp3) is 0.615. The molecule has 3 nitrogen and oxygen atoms in total. The number of allylic oxidation sites excluding steroid dienone is 1. The van der Waals surface area contributed by atoms with Gasteiger partial charge in [-0.3, -0.25) is 0 Å². The standard InChI is InChI=1S/C13H21NO2/c1-9(2)16-12(15)11-5-7-13(4,8-6-11)10(3)14/h5-7,9-10H,8,14H2,1-4H3. The molecule has 3 heteroatoms. The Labute approximate surface area is 97.3 Å². The Hall–Kier alpha value is -1.09. The molecule has 2 unspecified atom stereocenters. The van der Waals surface area contributed by atoms with Crippen LogP contribution in [0.25, 0.3) is 0 Å². The Balaban J connectivity index is 2.68. The fourth-order valence-electron chi connectivity index (χ4n) is 1.52. The molecule has 0 amide bonds. The highest BCUT2D eigenvalue weighted by Crippen LogP contribution is 2.32. The van der Waals surface area contributed by atoms with E-state index < -0.39 is 0 Å². The van der Waals surface area contributed by atoms with Crippen molar-refractivity contribution in [2.45, 2.75) is 46.3 Å². The second kappa shape index (κ2) is 4.83. The van der Waals surface area contributed by atoms with E-state index in [0.717, 1.165) is 6.42 Å². The molecule has 0 aromatic rings. The molecule has 0 heterocycles. The van der Waals surface area contributed by atoms with Crippen LogP contribution in [0.5, 0.6) is 0 Å². The molecule has 0 aromatic heterocycles. The van der Waals surface area contributed by atoms with Crippen molar-refractivity contribution in [2.24, 2.45) is 11.1 Å². The number of rotatable bonds is 3. The summed E-state index contributed by atoms with van der Waals surface area (Å²) in [5.41, 5.74) is 6.48. The van der Waals surface area contributed by atoms with E-state index in [0.29, 0.717) is 5.57 Å². The second-order valence-electron chi connectivity index (χ2n) is 4.95. The van der Waals surface area contributed by atoms with Gasteiger partial charge in [0.2, 0.25) is 0 Å². The molecule has 0 saturated heterocycles. The smallest absolute Gasteiger partial charge is 0.338 e. The van der Waals surface area contributed by atoms with E-state index in [1.165, 1.54) is 0 Å². The van der Waals surface area contributed by atoms with E-state index in [1.54, 1.807) is 0 Å². The maximum Gasteiger partial charge on any atom is 0.338 e. The Bertz CT molecular complexity index is 329. The molecule has 0 aromatic carbocycles. The third-order valence-corrected chi connectivity index (χ3v) is 3.02. The first kappa shape index (κ1) is 13.0. The zero-order valence-corrected chi connectivity index (χ0v) is 10.5. The number of carbonyl (C=O) groups is 1. The lowest BCUT2D eigenvalue weighted by molar-refractivity contribution is -0.142. The third-order valence-electron chi connectivity index (χ3n) is 3.02. The van der Waals surface area contributed by atoms with E-state index in [1.807, 2.05) is 39.0 Å². The van der Waals surface area contributed by atoms with Gasteiger partial charge in [-0.15, -0.1) is 0 Å². The number of ether oxygens (including phenoxy) is 1. The maximum atomic E-state index is 11.6. The first-order chi connectivity index (χ1) is 7.35. The number of nitrogens with two attached hydrogens (primary N) is 1. The molecule has 0 bridgehead atoms. The van der Waals surface area contributed by atoms with Gasteiger partial charge in [0.15, 0.2) is 0 Å². The van der Waals surface area contributed by atoms with E-state index in [-0.39, 0.29) is 23.5 Å². The van der Waals surface area contributed by atoms with E-state index in [9.17, 15) is 4.79 Å². The van der Waals surface area contributed by atoms with Crippen LogP contribution in [0.1, 0.15) is 34.1 Å². The van der Waals surface area contributed by atoms with Crippen LogP contribution in [0.2, 0.25) is 0 Å². The van der Waals surface area contributed by atoms with Crippen molar-refractivity contribution >= 4 is 5.97 Å². The van der Waals surface area contributed by atoms with Crippen LogP contribution in [0, 0.1) is 5.41 Å². The second-order valence-corrected chi connectivity index (χ2v) is 4.95. The molecular weight excluding hydrogens is 202 g/mol. The summed E-state index contributed by atoms with van der Waals surface area (Å²) >= 11 is 0. The summed E-state index contributed by atoms with van der Waals surface area (Å²) < 4.78 is 5.13. The van der Waals surface area contributed by atoms with Crippen molar-refractivity contribution in [1.29, 1.82) is 0 Å². The highest BCUT2D eigenvalue weighted by molar-refractivity contribution is 5.92. The van der Waals surface area contributed by atoms with Crippen molar-refractivity contribution in [1.82, 2.24) is 0 Å². The van der Waals surface area contributed by atoms with Crippen molar-refractivity contribution < 1.29 is 9.53 Å². The molecule has 1 aliphatic rings. The van der Waals surface area contributed by atoms with Crippen LogP contribution in [0.3, 0.4) is 0 Å². The van der Waals surface area contributed by atoms with Gasteiger partial charge in [0, 0.05) is 11.5 Å². The molecule has 16 heavy (non-hydrogen) atoms. The molecule has 0 fully saturated rings. The SMILES string of the molecule is CC(C)OC(=O)C1=CCC(C)(C(C)N)C=C1. The van der Waals surface area contributed by atoms with Crippen LogP contribution in [-0.2, 0) is 9.53 Å². The molecule has 1 rings (SSSR count). The minimum Gasteiger partial charge on any atom is -0.459 e. The highest BCUT2D eigenvalue weighted by atomic mass is 16.5. The van der Waals surface area contributed by atoms with Gasteiger partial charge in [0.25, 0.3) is 0 Å². The van der Waals surface area contributed by atoms with E-state index in [2.05, 4.69) is 6.92 Å². The van der Waals surface area contributed by atoms with Gasteiger partial charge < -0.3 is 10.5 Å². The van der Waals surface area contributed by atoms with Gasteiger partial charge in [0.05, 0.1) is 11.7 Å². The van der Waals surface area contributed by atoms with Gasteiger partial charge in [-0.2, -0.15) is 0 Å². The first-order valence-electron chi connectivity index (χ1n) is 5.71. The van der Waals surface area contributed by atoms with E-state index in [4.69, 9.17) is 10.5 Å². The molecule has 2 N–H and O–H groups in total. The Morgan fingerprint density at radius 1 is 1.50 bits per heavy atom. The normalized spacial score (nSPS) is 26.5. The average molecular weight is 223 g/mol. The Kier molecular flexibility index (Phi) is 3.92. The number of hydrogen-bond acceptors (Lipinski definition) is 3. The lowest BCUT2D eigenvalue weighted by Crippen LogP contribution is -2.36. The largest absolute Gasteiger partial charge is 0.459 e. The van der Waals surface area contributed by atoms with E-state index >= 15 is 0 Å². The molecule has 0 spiro atoms. The lowest BCUT2D eigenvalue weighted by atomic mass is 9.77. The fourth-order valence-corrected chi connectivity index (χ4v) is 1.52. The van der Waals surface area contributed by atoms with Gasteiger partial charge in [-0.05, 0) is 27.2 Å². The monoisotopic (exact) mass is 223 g/mol. The minimum absolute atomic E-state index is 0.0540. The number of esters is 1. The van der Waals surface area contributed by atoms with Crippen LogP contribution >= 0.6 is 0 Å². The minimum atomic E-state index is -0.252. The average Bonchev–Trinajstić information content (AvgIpc) is 2.17. The number of carbonyl (C=O) groups excluding carboxylic acids is 1. The van der Waals surface area contributed by atoms with Crippen molar-refractivity contribution in [3.05, 3.63) is 23.8 Å². The van der Waals surface area contributed by atoms with Crippen molar-refractivity contribution in [2.75, 3.05) is 0 Å². The van der Waals surface area contributed by atoms with Crippen molar-refractivity contribution in [3.8, 4) is 0 Å². The summed E-state index contributed by atoms with van der Waals surface area (Å²) in [6, 6.07) is 0.0719. The van der Waals surface area contributed by atoms with Crippen LogP contribution < -0.4 is 5.73 Å². The predicted molar refractivity (Wildman–Crippen MR) is 64.8 cm³/mol. The molecule has 90 valence electrons. The zero-order chi connectivity index (χ0) is 12.3. The third kappa shape index (κ3) is 2.95. The molecular formula is C13H21NO2. The van der Waals surface area contributed by atoms with Gasteiger partial charge in [-0.25, -0.2) is 4.79 Å². The zero-order valence-electron chi connectivity index (χ0n) is 10.5. The number of hydrogen-bond donors (Lipinski definition) is 1. The molecule has 2 atom stereocenters. The summed E-state index contributed by atoms with van der Waals surface area (Å²) in [6.07, 6.45) is 6.44. The van der Waals surface area contributed by atoms with Gasteiger partial charge in [0.1, 0.15) is 0 Å². The topological polar surface area (TPSA) is 52.3 Å². The summed E-state index contributed by atoms with van der Waals surface area (Å²) in [5, 5.41) is 0. The van der Waals surface area contributed by atoms with Crippen LogP contribution in [-0.4, -0.2) is 18.1 Å². The Morgan fingerprint density at radius 2 is 2.12 bits per heavy atom. The predicted octanol–water partition coefficient (Wildman–Crippen LogP) is 2.18. The molecule has 1 aliphatic carbocycles. The quantitative estimate of drug-likeness (QED) is 0.746. The maximum absolute atomic E-state index is 11.6. The Morgan fingerprint density at radius 3 is 2.50 bits per heavy atom. The molecule has 0 radical (unpaired) electrons. The van der Waals surface area contributed by atoms with Crippen molar-refractivity contribution in [3.63, 3.8) is 0 Å². The summed E-state index contributed by atoms with van der Waals surface area (Å²) in [4.78, 5) is 11.6. The lowest BCUT2D eigenvalue weighted by Gasteiger charge is -2.31.